The van der Waals surface area contributed by atoms with Gasteiger partial charge in [-0.2, -0.15) is 0 Å². The fraction of sp³-hybridized carbons (Fsp3) is 0.538. The highest BCUT2D eigenvalue weighted by Gasteiger charge is 2.10. The first-order chi connectivity index (χ1) is 7.13. The van der Waals surface area contributed by atoms with Crippen LogP contribution in [0.5, 0.6) is 0 Å². The van der Waals surface area contributed by atoms with Gasteiger partial charge in [-0.3, -0.25) is 11.3 Å². The van der Waals surface area contributed by atoms with Gasteiger partial charge in [0.2, 0.25) is 0 Å². The van der Waals surface area contributed by atoms with Crippen molar-refractivity contribution in [2.45, 2.75) is 39.7 Å². The fourth-order valence-electron chi connectivity index (χ4n) is 1.80. The summed E-state index contributed by atoms with van der Waals surface area (Å²) >= 11 is 0. The van der Waals surface area contributed by atoms with Crippen molar-refractivity contribution >= 4 is 0 Å². The molecule has 0 radical (unpaired) electrons. The third-order valence-electron chi connectivity index (χ3n) is 2.85. The van der Waals surface area contributed by atoms with Crippen LogP contribution < -0.4 is 11.3 Å². The minimum absolute atomic E-state index is 0.408. The Bertz CT molecular complexity index is 294. The fourth-order valence-corrected chi connectivity index (χ4v) is 1.80. The van der Waals surface area contributed by atoms with Gasteiger partial charge in [0, 0.05) is 6.04 Å². The summed E-state index contributed by atoms with van der Waals surface area (Å²) in [6, 6.07) is 9.08. The molecule has 0 saturated carbocycles. The molecule has 0 amide bonds. The Morgan fingerprint density at radius 3 is 2.60 bits per heavy atom. The van der Waals surface area contributed by atoms with E-state index in [-0.39, 0.29) is 0 Å². The lowest BCUT2D eigenvalue weighted by molar-refractivity contribution is 0.384. The van der Waals surface area contributed by atoms with E-state index in [4.69, 9.17) is 5.84 Å². The first-order valence-corrected chi connectivity index (χ1v) is 5.65. The number of aryl methyl sites for hydroxylation is 2. The third-order valence-corrected chi connectivity index (χ3v) is 2.85. The average Bonchev–Trinajstić information content (AvgIpc) is 2.18. The van der Waals surface area contributed by atoms with E-state index < -0.39 is 0 Å². The Morgan fingerprint density at radius 2 is 2.07 bits per heavy atom. The molecule has 1 atom stereocenters. The van der Waals surface area contributed by atoms with E-state index >= 15 is 0 Å². The van der Waals surface area contributed by atoms with Gasteiger partial charge in [-0.1, -0.05) is 43.7 Å². The number of hydrogen-bond acceptors (Lipinski definition) is 2. The molecular formula is C13H22N2. The normalized spacial score (nSPS) is 13.1. The molecule has 0 bridgehead atoms. The van der Waals surface area contributed by atoms with E-state index in [0.717, 1.165) is 12.8 Å². The topological polar surface area (TPSA) is 38.0 Å². The van der Waals surface area contributed by atoms with Crippen molar-refractivity contribution in [1.29, 1.82) is 0 Å². The van der Waals surface area contributed by atoms with Gasteiger partial charge in [0.05, 0.1) is 0 Å². The predicted octanol–water partition coefficient (Wildman–Crippen LogP) is 2.42. The van der Waals surface area contributed by atoms with E-state index in [1.165, 1.54) is 11.1 Å². The Morgan fingerprint density at radius 1 is 1.33 bits per heavy atom. The number of hydrazine groups is 1. The number of rotatable bonds is 5. The maximum absolute atomic E-state index is 5.52. The molecule has 1 rings (SSSR count). The van der Waals surface area contributed by atoms with E-state index in [1.54, 1.807) is 0 Å². The summed E-state index contributed by atoms with van der Waals surface area (Å²) in [5.41, 5.74) is 5.61. The maximum Gasteiger partial charge on any atom is 0.0236 e. The summed E-state index contributed by atoms with van der Waals surface area (Å²) < 4.78 is 0. The zero-order valence-electron chi connectivity index (χ0n) is 9.96. The number of hydrogen-bond donors (Lipinski definition) is 2. The molecule has 0 aliphatic carbocycles. The van der Waals surface area contributed by atoms with E-state index in [2.05, 4.69) is 50.5 Å². The molecule has 3 N–H and O–H groups in total. The largest absolute Gasteiger partial charge is 0.271 e. The summed E-state index contributed by atoms with van der Waals surface area (Å²) in [6.07, 6.45) is 2.19. The van der Waals surface area contributed by atoms with Crippen LogP contribution in [-0.2, 0) is 6.42 Å². The summed E-state index contributed by atoms with van der Waals surface area (Å²) in [7, 11) is 0. The van der Waals surface area contributed by atoms with Crippen molar-refractivity contribution in [3.8, 4) is 0 Å². The number of nitrogens with one attached hydrogen (secondary N) is 1. The van der Waals surface area contributed by atoms with Gasteiger partial charge in [0.25, 0.3) is 0 Å². The van der Waals surface area contributed by atoms with E-state index in [1.807, 2.05) is 0 Å². The molecule has 0 aromatic heterocycles. The van der Waals surface area contributed by atoms with Gasteiger partial charge in [-0.25, -0.2) is 0 Å². The molecule has 2 nitrogen and oxygen atoms in total. The Labute approximate surface area is 92.8 Å². The molecular weight excluding hydrogens is 184 g/mol. The van der Waals surface area contributed by atoms with Crippen LogP contribution >= 0.6 is 0 Å². The minimum atomic E-state index is 0.408. The van der Waals surface area contributed by atoms with Crippen molar-refractivity contribution in [1.82, 2.24) is 5.43 Å². The molecule has 0 aliphatic heterocycles. The molecule has 0 spiro atoms. The van der Waals surface area contributed by atoms with Crippen LogP contribution in [0.3, 0.4) is 0 Å². The quantitative estimate of drug-likeness (QED) is 0.573. The van der Waals surface area contributed by atoms with Crippen LogP contribution in [0.1, 0.15) is 31.4 Å². The smallest absolute Gasteiger partial charge is 0.0236 e. The third kappa shape index (κ3) is 4.02. The monoisotopic (exact) mass is 206 g/mol. The van der Waals surface area contributed by atoms with Crippen molar-refractivity contribution in [2.24, 2.45) is 11.8 Å². The Balaban J connectivity index is 2.49. The average molecular weight is 206 g/mol. The van der Waals surface area contributed by atoms with Gasteiger partial charge < -0.3 is 0 Å². The summed E-state index contributed by atoms with van der Waals surface area (Å²) in [5, 5.41) is 0. The van der Waals surface area contributed by atoms with Crippen LogP contribution in [0, 0.1) is 12.8 Å². The molecule has 0 fully saturated rings. The highest BCUT2D eigenvalue weighted by molar-refractivity contribution is 5.22. The predicted molar refractivity (Wildman–Crippen MR) is 65.4 cm³/mol. The Kier molecular flexibility index (Phi) is 4.79. The Hall–Kier alpha value is -0.860. The summed E-state index contributed by atoms with van der Waals surface area (Å²) in [5.74, 6) is 6.10. The van der Waals surface area contributed by atoms with E-state index in [9.17, 15) is 0 Å². The molecule has 0 aliphatic rings. The van der Waals surface area contributed by atoms with Gasteiger partial charge in [-0.15, -0.1) is 0 Å². The van der Waals surface area contributed by atoms with Gasteiger partial charge >= 0.3 is 0 Å². The van der Waals surface area contributed by atoms with Crippen LogP contribution in [-0.4, -0.2) is 6.04 Å². The molecule has 1 aromatic rings. The van der Waals surface area contributed by atoms with Gasteiger partial charge in [-0.05, 0) is 31.2 Å². The van der Waals surface area contributed by atoms with Crippen LogP contribution in [0.15, 0.2) is 24.3 Å². The first kappa shape index (κ1) is 12.2. The summed E-state index contributed by atoms with van der Waals surface area (Å²) in [4.78, 5) is 0. The SMILES string of the molecule is Cc1cccc(CCC(NN)C(C)C)c1. The van der Waals surface area contributed by atoms with Crippen molar-refractivity contribution in [3.05, 3.63) is 35.4 Å². The van der Waals surface area contributed by atoms with Crippen LogP contribution in [0.4, 0.5) is 0 Å². The molecule has 1 unspecified atom stereocenters. The number of benzene rings is 1. The lowest BCUT2D eigenvalue weighted by atomic mass is 9.97. The molecule has 84 valence electrons. The van der Waals surface area contributed by atoms with Crippen molar-refractivity contribution < 1.29 is 0 Å². The van der Waals surface area contributed by atoms with Crippen LogP contribution in [0.2, 0.25) is 0 Å². The minimum Gasteiger partial charge on any atom is -0.271 e. The highest BCUT2D eigenvalue weighted by Crippen LogP contribution is 2.11. The zero-order valence-corrected chi connectivity index (χ0v) is 9.96. The van der Waals surface area contributed by atoms with Gasteiger partial charge in [0.1, 0.15) is 0 Å². The second kappa shape index (κ2) is 5.89. The first-order valence-electron chi connectivity index (χ1n) is 5.65. The van der Waals surface area contributed by atoms with Crippen LogP contribution in [0.25, 0.3) is 0 Å². The molecule has 0 saturated heterocycles. The van der Waals surface area contributed by atoms with Crippen molar-refractivity contribution in [2.75, 3.05) is 0 Å². The zero-order chi connectivity index (χ0) is 11.3. The standard InChI is InChI=1S/C13H22N2/c1-10(2)13(15-14)8-7-12-6-4-5-11(3)9-12/h4-6,9-10,13,15H,7-8,14H2,1-3H3. The molecule has 0 heterocycles. The van der Waals surface area contributed by atoms with E-state index in [0.29, 0.717) is 12.0 Å². The van der Waals surface area contributed by atoms with Gasteiger partial charge in [0.15, 0.2) is 0 Å². The second-order valence-corrected chi connectivity index (χ2v) is 4.54. The maximum atomic E-state index is 5.52. The lowest BCUT2D eigenvalue weighted by Gasteiger charge is -2.19. The lowest BCUT2D eigenvalue weighted by Crippen LogP contribution is -2.39. The number of nitrogens with two attached hydrogens (primary N) is 1. The molecule has 2 heteroatoms. The molecule has 15 heavy (non-hydrogen) atoms. The molecule has 1 aromatic carbocycles. The highest BCUT2D eigenvalue weighted by atomic mass is 15.2. The summed E-state index contributed by atoms with van der Waals surface area (Å²) in [6.45, 7) is 6.52. The van der Waals surface area contributed by atoms with Crippen molar-refractivity contribution in [3.63, 3.8) is 0 Å². The second-order valence-electron chi connectivity index (χ2n) is 4.54.